The second-order valence-corrected chi connectivity index (χ2v) is 8.26. The van der Waals surface area contributed by atoms with Gasteiger partial charge < -0.3 is 18.8 Å². The van der Waals surface area contributed by atoms with E-state index in [1.807, 2.05) is 35.0 Å². The Hall–Kier alpha value is -2.18. The van der Waals surface area contributed by atoms with E-state index in [2.05, 4.69) is 36.2 Å². The summed E-state index contributed by atoms with van der Waals surface area (Å²) in [4.78, 5) is 4.15. The van der Waals surface area contributed by atoms with Gasteiger partial charge in [0, 0.05) is 23.8 Å². The second kappa shape index (κ2) is 9.75. The van der Waals surface area contributed by atoms with Gasteiger partial charge in [-0.05, 0) is 36.6 Å². The lowest BCUT2D eigenvalue weighted by atomic mass is 10.0. The number of benzene rings is 2. The van der Waals surface area contributed by atoms with Gasteiger partial charge in [-0.3, -0.25) is 0 Å². The molecule has 3 aromatic rings. The van der Waals surface area contributed by atoms with Crippen LogP contribution in [0.5, 0.6) is 0 Å². The van der Waals surface area contributed by atoms with E-state index < -0.39 is 5.79 Å². The minimum Gasteiger partial charge on any atom is -0.374 e. The molecule has 0 bridgehead atoms. The average molecular weight is 427 g/mol. The van der Waals surface area contributed by atoms with Crippen molar-refractivity contribution in [1.29, 1.82) is 0 Å². The van der Waals surface area contributed by atoms with Crippen molar-refractivity contribution >= 4 is 11.6 Å². The van der Waals surface area contributed by atoms with Gasteiger partial charge in [-0.2, -0.15) is 0 Å². The number of imidazole rings is 1. The third-order valence-corrected chi connectivity index (χ3v) is 5.51. The normalized spacial score (nSPS) is 21.2. The van der Waals surface area contributed by atoms with Crippen LogP contribution in [0.1, 0.15) is 23.1 Å². The lowest BCUT2D eigenvalue weighted by Gasteiger charge is -2.28. The maximum Gasteiger partial charge on any atom is 0.187 e. The fourth-order valence-electron chi connectivity index (χ4n) is 3.67. The number of halogens is 1. The van der Waals surface area contributed by atoms with Gasteiger partial charge in [0.25, 0.3) is 0 Å². The zero-order chi connectivity index (χ0) is 20.8. The molecule has 5 nitrogen and oxygen atoms in total. The number of ether oxygens (including phenoxy) is 3. The molecule has 0 spiro atoms. The SMILES string of the molecule is Cc1ccc(CCC2(Cn3ccnc3)OCC(COCc3cccc(Cl)c3)O2)cc1. The molecular weight excluding hydrogens is 400 g/mol. The van der Waals surface area contributed by atoms with Crippen LogP contribution in [-0.4, -0.2) is 34.7 Å². The highest BCUT2D eigenvalue weighted by Gasteiger charge is 2.41. The first kappa shape index (κ1) is 21.1. The largest absolute Gasteiger partial charge is 0.374 e. The molecule has 0 saturated carbocycles. The fraction of sp³-hybridized carbons (Fsp3) is 0.375. The van der Waals surface area contributed by atoms with E-state index in [0.717, 1.165) is 18.4 Å². The zero-order valence-corrected chi connectivity index (χ0v) is 17.9. The standard InChI is InChI=1S/C24H27ClN2O3/c1-19-5-7-20(8-6-19)9-10-24(17-27-12-11-26-18-27)29-16-23(30-24)15-28-14-21-3-2-4-22(25)13-21/h2-8,11-13,18,23H,9-10,14-17H2,1H3. The molecule has 2 unspecified atom stereocenters. The van der Waals surface area contributed by atoms with E-state index in [1.54, 1.807) is 12.5 Å². The Bertz CT molecular complexity index is 930. The minimum atomic E-state index is -0.685. The molecule has 2 heterocycles. The highest BCUT2D eigenvalue weighted by atomic mass is 35.5. The summed E-state index contributed by atoms with van der Waals surface area (Å²) < 4.78 is 20.5. The second-order valence-electron chi connectivity index (χ2n) is 7.83. The monoisotopic (exact) mass is 426 g/mol. The van der Waals surface area contributed by atoms with Gasteiger partial charge in [0.05, 0.1) is 32.7 Å². The quantitative estimate of drug-likeness (QED) is 0.492. The lowest BCUT2D eigenvalue weighted by Crippen LogP contribution is -2.37. The van der Waals surface area contributed by atoms with Gasteiger partial charge in [-0.1, -0.05) is 53.6 Å². The summed E-state index contributed by atoms with van der Waals surface area (Å²) in [6.07, 6.45) is 7.04. The topological polar surface area (TPSA) is 45.5 Å². The molecule has 0 aliphatic carbocycles. The summed E-state index contributed by atoms with van der Waals surface area (Å²) in [5.41, 5.74) is 3.58. The van der Waals surface area contributed by atoms with Crippen LogP contribution in [0.15, 0.2) is 67.3 Å². The molecule has 1 saturated heterocycles. The molecule has 1 fully saturated rings. The Kier molecular flexibility index (Phi) is 6.85. The molecule has 6 heteroatoms. The highest BCUT2D eigenvalue weighted by molar-refractivity contribution is 6.30. The molecule has 0 N–H and O–H groups in total. The van der Waals surface area contributed by atoms with Crippen molar-refractivity contribution in [2.75, 3.05) is 13.2 Å². The van der Waals surface area contributed by atoms with E-state index in [1.165, 1.54) is 11.1 Å². The number of rotatable bonds is 9. The average Bonchev–Trinajstić information content (AvgIpc) is 3.39. The summed E-state index contributed by atoms with van der Waals surface area (Å²) in [5.74, 6) is -0.685. The summed E-state index contributed by atoms with van der Waals surface area (Å²) in [7, 11) is 0. The number of hydrogen-bond acceptors (Lipinski definition) is 4. The number of nitrogens with zero attached hydrogens (tertiary/aromatic N) is 2. The Balaban J connectivity index is 1.35. The van der Waals surface area contributed by atoms with Crippen LogP contribution in [0.25, 0.3) is 0 Å². The Morgan fingerprint density at radius 3 is 2.83 bits per heavy atom. The van der Waals surface area contributed by atoms with Gasteiger partial charge >= 0.3 is 0 Å². The van der Waals surface area contributed by atoms with E-state index in [-0.39, 0.29) is 6.10 Å². The van der Waals surface area contributed by atoms with Gasteiger partial charge in [-0.15, -0.1) is 0 Å². The first-order chi connectivity index (χ1) is 14.6. The molecule has 0 amide bonds. The van der Waals surface area contributed by atoms with Crippen LogP contribution in [-0.2, 0) is 33.8 Å². The Labute approximate surface area is 182 Å². The van der Waals surface area contributed by atoms with Crippen molar-refractivity contribution in [3.8, 4) is 0 Å². The van der Waals surface area contributed by atoms with Crippen LogP contribution in [0.4, 0.5) is 0 Å². The van der Waals surface area contributed by atoms with Gasteiger partial charge in [0.1, 0.15) is 6.10 Å². The summed E-state index contributed by atoms with van der Waals surface area (Å²) >= 11 is 6.04. The number of hydrogen-bond donors (Lipinski definition) is 0. The van der Waals surface area contributed by atoms with Crippen molar-refractivity contribution in [2.45, 2.75) is 44.8 Å². The van der Waals surface area contributed by atoms with Crippen molar-refractivity contribution in [3.05, 3.63) is 89.0 Å². The predicted octanol–water partition coefficient (Wildman–Crippen LogP) is 4.81. The van der Waals surface area contributed by atoms with E-state index in [9.17, 15) is 0 Å². The molecule has 2 aromatic carbocycles. The predicted molar refractivity (Wildman–Crippen MR) is 116 cm³/mol. The van der Waals surface area contributed by atoms with Crippen LogP contribution in [0, 0.1) is 6.92 Å². The summed E-state index contributed by atoms with van der Waals surface area (Å²) in [6.45, 7) is 4.18. The molecule has 158 valence electrons. The zero-order valence-electron chi connectivity index (χ0n) is 17.2. The molecule has 2 atom stereocenters. The molecule has 4 rings (SSSR count). The Morgan fingerprint density at radius 1 is 1.20 bits per heavy atom. The molecule has 1 aliphatic heterocycles. The first-order valence-electron chi connectivity index (χ1n) is 10.3. The van der Waals surface area contributed by atoms with Crippen molar-refractivity contribution < 1.29 is 14.2 Å². The molecule has 0 radical (unpaired) electrons. The number of aryl methyl sites for hydroxylation is 2. The van der Waals surface area contributed by atoms with E-state index in [0.29, 0.717) is 31.4 Å². The van der Waals surface area contributed by atoms with Crippen LogP contribution in [0.2, 0.25) is 5.02 Å². The fourth-order valence-corrected chi connectivity index (χ4v) is 3.89. The first-order valence-corrected chi connectivity index (χ1v) is 10.6. The van der Waals surface area contributed by atoms with Crippen molar-refractivity contribution in [1.82, 2.24) is 9.55 Å². The molecule has 1 aromatic heterocycles. The maximum atomic E-state index is 6.41. The minimum absolute atomic E-state index is 0.106. The Morgan fingerprint density at radius 2 is 2.07 bits per heavy atom. The summed E-state index contributed by atoms with van der Waals surface area (Å²) in [5, 5.41) is 0.715. The van der Waals surface area contributed by atoms with E-state index >= 15 is 0 Å². The third kappa shape index (κ3) is 5.70. The third-order valence-electron chi connectivity index (χ3n) is 5.27. The van der Waals surface area contributed by atoms with E-state index in [4.69, 9.17) is 25.8 Å². The van der Waals surface area contributed by atoms with Crippen molar-refractivity contribution in [2.24, 2.45) is 0 Å². The van der Waals surface area contributed by atoms with Crippen LogP contribution >= 0.6 is 11.6 Å². The number of aromatic nitrogens is 2. The van der Waals surface area contributed by atoms with Crippen LogP contribution in [0.3, 0.4) is 0 Å². The summed E-state index contributed by atoms with van der Waals surface area (Å²) in [6, 6.07) is 16.3. The van der Waals surface area contributed by atoms with Gasteiger partial charge in [0.2, 0.25) is 0 Å². The van der Waals surface area contributed by atoms with Crippen LogP contribution < -0.4 is 0 Å². The van der Waals surface area contributed by atoms with Gasteiger partial charge in [0.15, 0.2) is 5.79 Å². The highest BCUT2D eigenvalue weighted by Crippen LogP contribution is 2.31. The molecule has 1 aliphatic rings. The molecular formula is C24H27ClN2O3. The van der Waals surface area contributed by atoms with Crippen molar-refractivity contribution in [3.63, 3.8) is 0 Å². The van der Waals surface area contributed by atoms with Gasteiger partial charge in [-0.25, -0.2) is 4.98 Å². The smallest absolute Gasteiger partial charge is 0.187 e. The molecule has 30 heavy (non-hydrogen) atoms. The maximum absolute atomic E-state index is 6.41. The lowest BCUT2D eigenvalue weighted by molar-refractivity contribution is -0.187.